The normalized spacial score (nSPS) is 11.7. The topological polar surface area (TPSA) is 61.7 Å². The maximum atomic E-state index is 12.4. The number of phenols is 1. The first-order chi connectivity index (χ1) is 10.8. The Labute approximate surface area is 137 Å². The molecule has 2 aromatic carbocycles. The third-order valence-corrected chi connectivity index (χ3v) is 3.33. The lowest BCUT2D eigenvalue weighted by Crippen LogP contribution is -2.18. The molecular weight excluding hydrogens is 377 g/mol. The van der Waals surface area contributed by atoms with Gasteiger partial charge in [-0.15, -0.1) is 0 Å². The van der Waals surface area contributed by atoms with Crippen LogP contribution in [0.2, 0.25) is 0 Å². The number of alkyl halides is 3. The fourth-order valence-electron chi connectivity index (χ4n) is 1.66. The molecule has 0 aliphatic rings. The standard InChI is InChI=1S/C15H10BrF3N2O2/c16-12-5-6-13(22)10(7-12)8-20-21-14(23)9-1-3-11(4-2-9)15(17,18)19/h1-8,22H,(H,21,23). The lowest BCUT2D eigenvalue weighted by Gasteiger charge is -2.06. The fraction of sp³-hybridized carbons (Fsp3) is 0.0667. The van der Waals surface area contributed by atoms with Crippen LogP contribution in [0.25, 0.3) is 0 Å². The Bertz CT molecular complexity index is 743. The Kier molecular flexibility index (Phi) is 5.05. The number of phenolic OH excluding ortho intramolecular Hbond substituents is 1. The van der Waals surface area contributed by atoms with Gasteiger partial charge in [-0.05, 0) is 42.5 Å². The van der Waals surface area contributed by atoms with Crippen LogP contribution in [0, 0.1) is 0 Å². The summed E-state index contributed by atoms with van der Waals surface area (Å²) < 4.78 is 38.0. The van der Waals surface area contributed by atoms with Crippen LogP contribution in [0.15, 0.2) is 52.0 Å². The number of hydrogen-bond acceptors (Lipinski definition) is 3. The first-order valence-electron chi connectivity index (χ1n) is 6.26. The van der Waals surface area contributed by atoms with Gasteiger partial charge in [-0.1, -0.05) is 15.9 Å². The van der Waals surface area contributed by atoms with Gasteiger partial charge in [-0.2, -0.15) is 18.3 Å². The average Bonchev–Trinajstić information content (AvgIpc) is 2.50. The Balaban J connectivity index is 2.05. The van der Waals surface area contributed by atoms with E-state index in [9.17, 15) is 23.1 Å². The second-order valence-electron chi connectivity index (χ2n) is 4.48. The van der Waals surface area contributed by atoms with E-state index in [0.29, 0.717) is 10.0 Å². The molecule has 0 aliphatic heterocycles. The van der Waals surface area contributed by atoms with Gasteiger partial charge in [-0.3, -0.25) is 4.79 Å². The van der Waals surface area contributed by atoms with Crippen LogP contribution in [-0.2, 0) is 6.18 Å². The van der Waals surface area contributed by atoms with Crippen LogP contribution in [0.1, 0.15) is 21.5 Å². The molecule has 0 atom stereocenters. The largest absolute Gasteiger partial charge is 0.507 e. The first-order valence-corrected chi connectivity index (χ1v) is 7.06. The zero-order valence-corrected chi connectivity index (χ0v) is 13.0. The van der Waals surface area contributed by atoms with E-state index in [1.807, 2.05) is 0 Å². The number of aromatic hydroxyl groups is 1. The summed E-state index contributed by atoms with van der Waals surface area (Å²) in [4.78, 5) is 11.8. The number of carbonyl (C=O) groups is 1. The van der Waals surface area contributed by atoms with Crippen molar-refractivity contribution in [1.29, 1.82) is 0 Å². The number of hydrazone groups is 1. The third kappa shape index (κ3) is 4.56. The highest BCUT2D eigenvalue weighted by Crippen LogP contribution is 2.29. The highest BCUT2D eigenvalue weighted by Gasteiger charge is 2.30. The lowest BCUT2D eigenvalue weighted by molar-refractivity contribution is -0.137. The van der Waals surface area contributed by atoms with Gasteiger partial charge in [0.15, 0.2) is 0 Å². The lowest BCUT2D eigenvalue weighted by atomic mass is 10.1. The summed E-state index contributed by atoms with van der Waals surface area (Å²) >= 11 is 3.22. The molecule has 2 rings (SSSR count). The average molecular weight is 387 g/mol. The molecule has 0 heterocycles. The minimum Gasteiger partial charge on any atom is -0.507 e. The van der Waals surface area contributed by atoms with Crippen molar-refractivity contribution in [2.24, 2.45) is 5.10 Å². The van der Waals surface area contributed by atoms with Gasteiger partial charge in [-0.25, -0.2) is 5.43 Å². The molecule has 0 radical (unpaired) electrons. The molecule has 2 N–H and O–H groups in total. The molecule has 0 saturated heterocycles. The number of hydrogen-bond donors (Lipinski definition) is 2. The van der Waals surface area contributed by atoms with Gasteiger partial charge >= 0.3 is 6.18 Å². The van der Waals surface area contributed by atoms with Crippen LogP contribution in [0.3, 0.4) is 0 Å². The molecule has 0 fully saturated rings. The van der Waals surface area contributed by atoms with E-state index in [2.05, 4.69) is 26.5 Å². The second-order valence-corrected chi connectivity index (χ2v) is 5.39. The number of nitrogens with zero attached hydrogens (tertiary/aromatic N) is 1. The zero-order chi connectivity index (χ0) is 17.0. The molecular formula is C15H10BrF3N2O2. The van der Waals surface area contributed by atoms with Crippen LogP contribution < -0.4 is 5.43 Å². The molecule has 0 spiro atoms. The Morgan fingerprint density at radius 3 is 2.43 bits per heavy atom. The molecule has 2 aromatic rings. The highest BCUT2D eigenvalue weighted by molar-refractivity contribution is 9.10. The van der Waals surface area contributed by atoms with Crippen molar-refractivity contribution >= 4 is 28.1 Å². The quantitative estimate of drug-likeness (QED) is 0.619. The molecule has 8 heteroatoms. The van der Waals surface area contributed by atoms with E-state index in [1.54, 1.807) is 12.1 Å². The Hall–Kier alpha value is -2.35. The van der Waals surface area contributed by atoms with Crippen molar-refractivity contribution in [3.63, 3.8) is 0 Å². The number of amides is 1. The molecule has 0 saturated carbocycles. The van der Waals surface area contributed by atoms with E-state index >= 15 is 0 Å². The van der Waals surface area contributed by atoms with Crippen molar-refractivity contribution in [3.05, 3.63) is 63.6 Å². The van der Waals surface area contributed by atoms with Crippen LogP contribution >= 0.6 is 15.9 Å². The third-order valence-electron chi connectivity index (χ3n) is 2.83. The maximum Gasteiger partial charge on any atom is 0.416 e. The summed E-state index contributed by atoms with van der Waals surface area (Å²) in [7, 11) is 0. The van der Waals surface area contributed by atoms with Crippen molar-refractivity contribution < 1.29 is 23.1 Å². The molecule has 0 aliphatic carbocycles. The Morgan fingerprint density at radius 1 is 1.17 bits per heavy atom. The minimum absolute atomic E-state index is 0.0271. The van der Waals surface area contributed by atoms with Crippen molar-refractivity contribution in [2.45, 2.75) is 6.18 Å². The van der Waals surface area contributed by atoms with Crippen molar-refractivity contribution in [3.8, 4) is 5.75 Å². The number of benzene rings is 2. The maximum absolute atomic E-state index is 12.4. The number of halogens is 4. The predicted octanol–water partition coefficient (Wildman–Crippen LogP) is 3.94. The SMILES string of the molecule is O=C(NN=Cc1cc(Br)ccc1O)c1ccc(C(F)(F)F)cc1. The molecule has 4 nitrogen and oxygen atoms in total. The van der Waals surface area contributed by atoms with E-state index in [0.717, 1.165) is 24.3 Å². The van der Waals surface area contributed by atoms with Crippen molar-refractivity contribution in [2.75, 3.05) is 0 Å². The van der Waals surface area contributed by atoms with Gasteiger partial charge in [0.2, 0.25) is 0 Å². The molecule has 1 amide bonds. The minimum atomic E-state index is -4.45. The van der Waals surface area contributed by atoms with E-state index < -0.39 is 17.6 Å². The highest BCUT2D eigenvalue weighted by atomic mass is 79.9. The van der Waals surface area contributed by atoms with Crippen LogP contribution in [0.4, 0.5) is 13.2 Å². The van der Waals surface area contributed by atoms with Gasteiger partial charge in [0.1, 0.15) is 5.75 Å². The van der Waals surface area contributed by atoms with E-state index in [1.165, 1.54) is 12.3 Å². The predicted molar refractivity (Wildman–Crippen MR) is 82.3 cm³/mol. The van der Waals surface area contributed by atoms with Crippen LogP contribution in [-0.4, -0.2) is 17.2 Å². The van der Waals surface area contributed by atoms with E-state index in [4.69, 9.17) is 0 Å². The van der Waals surface area contributed by atoms with Gasteiger partial charge < -0.3 is 5.11 Å². The summed E-state index contributed by atoms with van der Waals surface area (Å²) in [6, 6.07) is 8.42. The molecule has 23 heavy (non-hydrogen) atoms. The number of nitrogens with one attached hydrogen (secondary N) is 1. The zero-order valence-electron chi connectivity index (χ0n) is 11.4. The van der Waals surface area contributed by atoms with E-state index in [-0.39, 0.29) is 11.3 Å². The summed E-state index contributed by atoms with van der Waals surface area (Å²) in [5.41, 5.74) is 1.74. The van der Waals surface area contributed by atoms with Crippen molar-refractivity contribution in [1.82, 2.24) is 5.43 Å². The first kappa shape index (κ1) is 17.0. The fourth-order valence-corrected chi connectivity index (χ4v) is 2.04. The molecule has 0 unspecified atom stereocenters. The second kappa shape index (κ2) is 6.82. The summed E-state index contributed by atoms with van der Waals surface area (Å²) in [6.07, 6.45) is -3.23. The van der Waals surface area contributed by atoms with Gasteiger partial charge in [0.05, 0.1) is 11.8 Å². The molecule has 0 bridgehead atoms. The summed E-state index contributed by atoms with van der Waals surface area (Å²) in [5.74, 6) is -0.690. The molecule has 0 aromatic heterocycles. The number of rotatable bonds is 3. The summed E-state index contributed by atoms with van der Waals surface area (Å²) in [5, 5.41) is 13.3. The number of carbonyl (C=O) groups excluding carboxylic acids is 1. The molecule has 120 valence electrons. The van der Waals surface area contributed by atoms with Gasteiger partial charge in [0.25, 0.3) is 5.91 Å². The smallest absolute Gasteiger partial charge is 0.416 e. The monoisotopic (exact) mass is 386 g/mol. The summed E-state index contributed by atoms with van der Waals surface area (Å²) in [6.45, 7) is 0. The Morgan fingerprint density at radius 2 is 1.83 bits per heavy atom. The van der Waals surface area contributed by atoms with Gasteiger partial charge in [0, 0.05) is 15.6 Å². The van der Waals surface area contributed by atoms with Crippen LogP contribution in [0.5, 0.6) is 5.75 Å².